The summed E-state index contributed by atoms with van der Waals surface area (Å²) < 4.78 is 13.0. The molecular weight excluding hydrogens is 373 g/mol. The van der Waals surface area contributed by atoms with Crippen molar-refractivity contribution in [2.75, 3.05) is 26.2 Å². The minimum Gasteiger partial charge on any atom is -0.340 e. The molecule has 1 aliphatic heterocycles. The van der Waals surface area contributed by atoms with Crippen LogP contribution in [0.3, 0.4) is 0 Å². The fraction of sp³-hybridized carbons (Fsp3) is 0.545. The quantitative estimate of drug-likeness (QED) is 0.753. The third-order valence-corrected chi connectivity index (χ3v) is 6.96. The number of aromatic nitrogens is 1. The van der Waals surface area contributed by atoms with E-state index in [4.69, 9.17) is 4.98 Å². The van der Waals surface area contributed by atoms with E-state index < -0.39 is 0 Å². The van der Waals surface area contributed by atoms with Gasteiger partial charge in [0.15, 0.2) is 0 Å². The van der Waals surface area contributed by atoms with Gasteiger partial charge in [-0.3, -0.25) is 9.69 Å². The zero-order valence-corrected chi connectivity index (χ0v) is 17.1. The summed E-state index contributed by atoms with van der Waals surface area (Å²) in [5, 5.41) is 3.54. The largest absolute Gasteiger partial charge is 0.340 e. The lowest BCUT2D eigenvalue weighted by Crippen LogP contribution is -2.48. The Hall–Kier alpha value is -1.79. The van der Waals surface area contributed by atoms with Gasteiger partial charge in [-0.25, -0.2) is 9.37 Å². The van der Waals surface area contributed by atoms with Crippen molar-refractivity contribution in [3.05, 3.63) is 51.7 Å². The number of amides is 1. The summed E-state index contributed by atoms with van der Waals surface area (Å²) in [5.74, 6) is 0.534. The molecule has 1 aromatic heterocycles. The number of carbonyl (C=O) groups excluding carboxylic acids is 1. The van der Waals surface area contributed by atoms with E-state index in [0.29, 0.717) is 12.3 Å². The predicted molar refractivity (Wildman–Crippen MR) is 110 cm³/mol. The minimum atomic E-state index is -0.265. The van der Waals surface area contributed by atoms with Gasteiger partial charge in [-0.15, -0.1) is 11.3 Å². The van der Waals surface area contributed by atoms with Crippen LogP contribution in [0.5, 0.6) is 0 Å². The summed E-state index contributed by atoms with van der Waals surface area (Å²) >= 11 is 1.82. The highest BCUT2D eigenvalue weighted by atomic mass is 32.1. The van der Waals surface area contributed by atoms with Crippen LogP contribution in [0.15, 0.2) is 29.6 Å². The van der Waals surface area contributed by atoms with Crippen LogP contribution in [0.1, 0.15) is 54.3 Å². The highest BCUT2D eigenvalue weighted by Crippen LogP contribution is 2.34. The van der Waals surface area contributed by atoms with Crippen LogP contribution in [0.4, 0.5) is 4.39 Å². The van der Waals surface area contributed by atoms with Crippen molar-refractivity contribution >= 4 is 17.2 Å². The number of hydrogen-bond acceptors (Lipinski definition) is 4. The van der Waals surface area contributed by atoms with Crippen LogP contribution in [0.25, 0.3) is 0 Å². The first kappa shape index (κ1) is 19.5. The molecule has 2 aliphatic rings. The molecule has 2 heterocycles. The summed E-state index contributed by atoms with van der Waals surface area (Å²) in [6, 6.07) is 6.21. The van der Waals surface area contributed by atoms with Crippen molar-refractivity contribution in [1.82, 2.24) is 14.8 Å². The molecule has 0 atom stereocenters. The molecule has 2 aromatic rings. The average molecular weight is 402 g/mol. The Morgan fingerprint density at radius 2 is 1.79 bits per heavy atom. The van der Waals surface area contributed by atoms with Crippen molar-refractivity contribution in [3.8, 4) is 0 Å². The highest BCUT2D eigenvalue weighted by molar-refractivity contribution is 7.09. The van der Waals surface area contributed by atoms with Crippen molar-refractivity contribution in [2.45, 2.75) is 51.0 Å². The van der Waals surface area contributed by atoms with Crippen molar-refractivity contribution in [1.29, 1.82) is 0 Å². The van der Waals surface area contributed by atoms with Crippen LogP contribution < -0.4 is 0 Å². The van der Waals surface area contributed by atoms with Crippen molar-refractivity contribution in [2.24, 2.45) is 0 Å². The molecule has 1 aromatic carbocycles. The SMILES string of the molecule is O=C(Cc1ccc(F)cc1)N1CCN(Cc2csc(C3CCCCC3)n2)CC1. The third-order valence-electron chi connectivity index (χ3n) is 5.90. The predicted octanol–water partition coefficient (Wildman–Crippen LogP) is 4.22. The van der Waals surface area contributed by atoms with Gasteiger partial charge >= 0.3 is 0 Å². The van der Waals surface area contributed by atoms with Gasteiger partial charge in [0.1, 0.15) is 5.82 Å². The molecule has 1 aliphatic carbocycles. The molecule has 1 saturated carbocycles. The number of carbonyl (C=O) groups is 1. The molecule has 1 amide bonds. The Morgan fingerprint density at radius 1 is 1.07 bits per heavy atom. The van der Waals surface area contributed by atoms with E-state index in [1.54, 1.807) is 12.1 Å². The number of piperazine rings is 1. The van der Waals surface area contributed by atoms with Crippen LogP contribution in [0.2, 0.25) is 0 Å². The molecule has 4 rings (SSSR count). The van der Waals surface area contributed by atoms with Gasteiger partial charge in [0.05, 0.1) is 17.1 Å². The maximum atomic E-state index is 13.0. The molecule has 150 valence electrons. The average Bonchev–Trinajstić information content (AvgIpc) is 3.19. The van der Waals surface area contributed by atoms with Gasteiger partial charge in [0.2, 0.25) is 5.91 Å². The molecule has 0 bridgehead atoms. The van der Waals surface area contributed by atoms with E-state index in [2.05, 4.69) is 10.3 Å². The zero-order chi connectivity index (χ0) is 19.3. The van der Waals surface area contributed by atoms with Gasteiger partial charge in [-0.1, -0.05) is 31.4 Å². The Balaban J connectivity index is 1.24. The van der Waals surface area contributed by atoms with E-state index >= 15 is 0 Å². The summed E-state index contributed by atoms with van der Waals surface area (Å²) in [7, 11) is 0. The smallest absolute Gasteiger partial charge is 0.227 e. The Bertz CT molecular complexity index is 777. The number of hydrogen-bond donors (Lipinski definition) is 0. The summed E-state index contributed by atoms with van der Waals surface area (Å²) in [5.41, 5.74) is 2.04. The van der Waals surface area contributed by atoms with Crippen LogP contribution in [0, 0.1) is 5.82 Å². The number of thiazole rings is 1. The molecule has 1 saturated heterocycles. The first-order valence-corrected chi connectivity index (χ1v) is 11.2. The Labute approximate surface area is 170 Å². The van der Waals surface area contributed by atoms with Gasteiger partial charge in [0, 0.05) is 44.0 Å². The van der Waals surface area contributed by atoms with Gasteiger partial charge in [0.25, 0.3) is 0 Å². The first-order chi connectivity index (χ1) is 13.7. The van der Waals surface area contributed by atoms with Gasteiger partial charge < -0.3 is 4.90 Å². The maximum absolute atomic E-state index is 13.0. The molecular formula is C22H28FN3OS. The standard InChI is InChI=1S/C22H28FN3OS/c23-19-8-6-17(7-9-19)14-21(27)26-12-10-25(11-13-26)15-20-16-28-22(24-20)18-4-2-1-3-5-18/h6-9,16,18H,1-5,10-15H2. The monoisotopic (exact) mass is 401 g/mol. The van der Waals surface area contributed by atoms with E-state index in [0.717, 1.165) is 38.3 Å². The lowest BCUT2D eigenvalue weighted by atomic mass is 9.90. The number of rotatable bonds is 5. The molecule has 0 unspecified atom stereocenters. The number of benzene rings is 1. The Kier molecular flexibility index (Phi) is 6.37. The topological polar surface area (TPSA) is 36.4 Å². The lowest BCUT2D eigenvalue weighted by Gasteiger charge is -2.34. The van der Waals surface area contributed by atoms with E-state index in [9.17, 15) is 9.18 Å². The summed E-state index contributed by atoms with van der Waals surface area (Å²) in [6.45, 7) is 4.14. The number of halogens is 1. The lowest BCUT2D eigenvalue weighted by molar-refractivity contribution is -0.132. The van der Waals surface area contributed by atoms with E-state index in [-0.39, 0.29) is 11.7 Å². The normalized spacial score (nSPS) is 19.1. The minimum absolute atomic E-state index is 0.125. The molecule has 2 fully saturated rings. The summed E-state index contributed by atoms with van der Waals surface area (Å²) in [6.07, 6.45) is 6.99. The van der Waals surface area contributed by atoms with Gasteiger partial charge in [-0.2, -0.15) is 0 Å². The van der Waals surface area contributed by atoms with E-state index in [1.807, 2.05) is 16.2 Å². The second-order valence-electron chi connectivity index (χ2n) is 7.97. The molecule has 4 nitrogen and oxygen atoms in total. The number of nitrogens with zero attached hydrogens (tertiary/aromatic N) is 3. The van der Waals surface area contributed by atoms with Crippen LogP contribution in [-0.2, 0) is 17.8 Å². The third kappa shape index (κ3) is 4.97. The zero-order valence-electron chi connectivity index (χ0n) is 16.3. The van der Waals surface area contributed by atoms with Crippen molar-refractivity contribution in [3.63, 3.8) is 0 Å². The van der Waals surface area contributed by atoms with Crippen molar-refractivity contribution < 1.29 is 9.18 Å². The Morgan fingerprint density at radius 3 is 2.50 bits per heavy atom. The first-order valence-electron chi connectivity index (χ1n) is 10.4. The van der Waals surface area contributed by atoms with E-state index in [1.165, 1.54) is 54.9 Å². The molecule has 0 radical (unpaired) electrons. The maximum Gasteiger partial charge on any atom is 0.227 e. The van der Waals surface area contributed by atoms with Gasteiger partial charge in [-0.05, 0) is 30.5 Å². The summed E-state index contributed by atoms with van der Waals surface area (Å²) in [4.78, 5) is 21.7. The van der Waals surface area contributed by atoms with Crippen LogP contribution >= 0.6 is 11.3 Å². The molecule has 0 N–H and O–H groups in total. The van der Waals surface area contributed by atoms with Crippen LogP contribution in [-0.4, -0.2) is 46.9 Å². The fourth-order valence-electron chi connectivity index (χ4n) is 4.21. The second kappa shape index (κ2) is 9.14. The molecule has 6 heteroatoms. The molecule has 28 heavy (non-hydrogen) atoms. The fourth-order valence-corrected chi connectivity index (χ4v) is 5.19. The second-order valence-corrected chi connectivity index (χ2v) is 8.86. The highest BCUT2D eigenvalue weighted by Gasteiger charge is 2.23. The molecule has 0 spiro atoms.